The molecule has 0 spiro atoms. The molecule has 5 heteroatoms. The van der Waals surface area contributed by atoms with Crippen LogP contribution in [0.2, 0.25) is 0 Å². The largest absolute Gasteiger partial charge is 0.493 e. The van der Waals surface area contributed by atoms with E-state index >= 15 is 0 Å². The van der Waals surface area contributed by atoms with Crippen LogP contribution in [0.4, 0.5) is 0 Å². The highest BCUT2D eigenvalue weighted by Gasteiger charge is 2.12. The third-order valence-corrected chi connectivity index (χ3v) is 3.32. The van der Waals surface area contributed by atoms with Crippen LogP contribution in [0, 0.1) is 11.8 Å². The molecule has 2 rings (SSSR count). The second-order valence-corrected chi connectivity index (χ2v) is 4.73. The lowest BCUT2D eigenvalue weighted by Crippen LogP contribution is -2.00. The summed E-state index contributed by atoms with van der Waals surface area (Å²) in [5.74, 6) is 7.31. The summed E-state index contributed by atoms with van der Waals surface area (Å²) in [5.41, 5.74) is 1.98. The molecule has 0 aliphatic heterocycles. The van der Waals surface area contributed by atoms with E-state index in [0.29, 0.717) is 22.8 Å². The van der Waals surface area contributed by atoms with Crippen molar-refractivity contribution in [2.45, 2.75) is 0 Å². The molecule has 124 valence electrons. The van der Waals surface area contributed by atoms with Crippen LogP contribution < -0.4 is 14.2 Å². The maximum atomic E-state index is 11.4. The molecule has 0 unspecified atom stereocenters. The van der Waals surface area contributed by atoms with Crippen molar-refractivity contribution >= 4 is 5.97 Å². The Balaban J connectivity index is 2.32. The van der Waals surface area contributed by atoms with Crippen LogP contribution >= 0.6 is 0 Å². The highest BCUT2D eigenvalue weighted by atomic mass is 16.5. The minimum Gasteiger partial charge on any atom is -0.493 e. The highest BCUT2D eigenvalue weighted by molar-refractivity contribution is 5.89. The van der Waals surface area contributed by atoms with Gasteiger partial charge < -0.3 is 18.9 Å². The van der Waals surface area contributed by atoms with Gasteiger partial charge in [-0.2, -0.15) is 0 Å². The fourth-order valence-electron chi connectivity index (χ4n) is 2.11. The molecule has 0 saturated heterocycles. The van der Waals surface area contributed by atoms with E-state index in [1.54, 1.807) is 57.7 Å². The highest BCUT2D eigenvalue weighted by Crippen LogP contribution is 2.37. The van der Waals surface area contributed by atoms with Gasteiger partial charge in [0.15, 0.2) is 11.5 Å². The molecular weight excluding hydrogens is 308 g/mol. The van der Waals surface area contributed by atoms with Gasteiger partial charge in [0.2, 0.25) is 5.75 Å². The lowest BCUT2D eigenvalue weighted by Gasteiger charge is -2.12. The molecule has 0 atom stereocenters. The molecule has 0 aliphatic rings. The topological polar surface area (TPSA) is 54.0 Å². The van der Waals surface area contributed by atoms with Crippen molar-refractivity contribution in [3.05, 3.63) is 53.1 Å². The van der Waals surface area contributed by atoms with Crippen LogP contribution in [0.25, 0.3) is 0 Å². The number of ether oxygens (including phenoxy) is 4. The fourth-order valence-corrected chi connectivity index (χ4v) is 2.11. The monoisotopic (exact) mass is 326 g/mol. The molecule has 24 heavy (non-hydrogen) atoms. The van der Waals surface area contributed by atoms with E-state index in [4.69, 9.17) is 14.2 Å². The number of hydrogen-bond acceptors (Lipinski definition) is 5. The van der Waals surface area contributed by atoms with Gasteiger partial charge in [-0.15, -0.1) is 0 Å². The number of esters is 1. The molecule has 0 aromatic heterocycles. The first-order valence-electron chi connectivity index (χ1n) is 7.13. The third-order valence-electron chi connectivity index (χ3n) is 3.32. The van der Waals surface area contributed by atoms with Crippen molar-refractivity contribution in [1.29, 1.82) is 0 Å². The summed E-state index contributed by atoms with van der Waals surface area (Å²) in [6.07, 6.45) is 0. The Morgan fingerprint density at radius 1 is 0.792 bits per heavy atom. The van der Waals surface area contributed by atoms with E-state index in [2.05, 4.69) is 16.6 Å². The van der Waals surface area contributed by atoms with Gasteiger partial charge in [0.25, 0.3) is 0 Å². The molecule has 2 aromatic rings. The minimum atomic E-state index is -0.376. The second-order valence-electron chi connectivity index (χ2n) is 4.73. The number of hydrogen-bond donors (Lipinski definition) is 0. The van der Waals surface area contributed by atoms with Crippen molar-refractivity contribution in [2.24, 2.45) is 0 Å². The molecule has 2 aromatic carbocycles. The van der Waals surface area contributed by atoms with Gasteiger partial charge >= 0.3 is 5.97 Å². The molecule has 5 nitrogen and oxygen atoms in total. The minimum absolute atomic E-state index is 0.376. The van der Waals surface area contributed by atoms with Crippen LogP contribution in [0.1, 0.15) is 21.5 Å². The predicted octanol–water partition coefficient (Wildman–Crippen LogP) is 2.90. The average molecular weight is 326 g/mol. The number of benzene rings is 2. The zero-order valence-electron chi connectivity index (χ0n) is 14.0. The lowest BCUT2D eigenvalue weighted by molar-refractivity contribution is 0.0600. The van der Waals surface area contributed by atoms with Gasteiger partial charge in [-0.25, -0.2) is 4.79 Å². The smallest absolute Gasteiger partial charge is 0.337 e. The van der Waals surface area contributed by atoms with E-state index in [9.17, 15) is 4.79 Å². The second kappa shape index (κ2) is 7.93. The van der Waals surface area contributed by atoms with Crippen LogP contribution in [0.15, 0.2) is 36.4 Å². The van der Waals surface area contributed by atoms with Gasteiger partial charge in [-0.05, 0) is 36.4 Å². The van der Waals surface area contributed by atoms with Crippen molar-refractivity contribution < 1.29 is 23.7 Å². The van der Waals surface area contributed by atoms with Gasteiger partial charge in [-0.1, -0.05) is 11.8 Å². The van der Waals surface area contributed by atoms with Gasteiger partial charge in [0.1, 0.15) is 0 Å². The molecule has 0 fully saturated rings. The van der Waals surface area contributed by atoms with E-state index < -0.39 is 0 Å². The summed E-state index contributed by atoms with van der Waals surface area (Å²) in [4.78, 5) is 11.4. The first-order valence-corrected chi connectivity index (χ1v) is 7.13. The molecule has 0 radical (unpaired) electrons. The van der Waals surface area contributed by atoms with E-state index in [-0.39, 0.29) is 5.97 Å². The normalized spacial score (nSPS) is 9.50. The lowest BCUT2D eigenvalue weighted by atomic mass is 10.1. The maximum absolute atomic E-state index is 11.4. The van der Waals surface area contributed by atoms with Crippen LogP contribution in [0.3, 0.4) is 0 Å². The van der Waals surface area contributed by atoms with Crippen molar-refractivity contribution in [2.75, 3.05) is 28.4 Å². The molecule has 0 aliphatic carbocycles. The standard InChI is InChI=1S/C19H18O5/c1-21-16-11-14(12-17(22-2)18(16)23-3)6-5-13-7-9-15(10-8-13)19(20)24-4/h7-12H,1-4H3. The van der Waals surface area contributed by atoms with Crippen molar-refractivity contribution in [3.63, 3.8) is 0 Å². The predicted molar refractivity (Wildman–Crippen MR) is 89.9 cm³/mol. The summed E-state index contributed by atoms with van der Waals surface area (Å²) in [6, 6.07) is 10.4. The van der Waals surface area contributed by atoms with Crippen molar-refractivity contribution in [1.82, 2.24) is 0 Å². The number of carbonyl (C=O) groups excluding carboxylic acids is 1. The van der Waals surface area contributed by atoms with Crippen LogP contribution in [-0.4, -0.2) is 34.4 Å². The Hall–Kier alpha value is -3.13. The Morgan fingerprint density at radius 3 is 1.79 bits per heavy atom. The van der Waals surface area contributed by atoms with E-state index in [1.165, 1.54) is 7.11 Å². The summed E-state index contributed by atoms with van der Waals surface area (Å²) < 4.78 is 20.5. The molecule has 0 saturated carbocycles. The molecule has 0 amide bonds. The zero-order chi connectivity index (χ0) is 17.5. The molecule has 0 N–H and O–H groups in total. The third kappa shape index (κ3) is 3.79. The Morgan fingerprint density at radius 2 is 1.33 bits per heavy atom. The number of carbonyl (C=O) groups is 1. The quantitative estimate of drug-likeness (QED) is 0.639. The SMILES string of the molecule is COC(=O)c1ccc(C#Cc2cc(OC)c(OC)c(OC)c2)cc1. The zero-order valence-corrected chi connectivity index (χ0v) is 14.0. The summed E-state index contributed by atoms with van der Waals surface area (Å²) in [7, 11) is 6.01. The first kappa shape index (κ1) is 17.2. The summed E-state index contributed by atoms with van der Waals surface area (Å²) in [5, 5.41) is 0. The van der Waals surface area contributed by atoms with E-state index in [0.717, 1.165) is 11.1 Å². The van der Waals surface area contributed by atoms with Crippen molar-refractivity contribution in [3.8, 4) is 29.1 Å². The molecule has 0 heterocycles. The summed E-state index contributed by atoms with van der Waals surface area (Å²) in [6.45, 7) is 0. The molecular formula is C19H18O5. The van der Waals surface area contributed by atoms with Crippen LogP contribution in [-0.2, 0) is 4.74 Å². The Kier molecular flexibility index (Phi) is 5.69. The van der Waals surface area contributed by atoms with Crippen LogP contribution in [0.5, 0.6) is 17.2 Å². The first-order chi connectivity index (χ1) is 11.6. The Labute approximate surface area is 141 Å². The van der Waals surface area contributed by atoms with Gasteiger partial charge in [-0.3, -0.25) is 0 Å². The summed E-state index contributed by atoms with van der Waals surface area (Å²) >= 11 is 0. The van der Waals surface area contributed by atoms with Gasteiger partial charge in [0, 0.05) is 11.1 Å². The van der Waals surface area contributed by atoms with Gasteiger partial charge in [0.05, 0.1) is 34.0 Å². The van der Waals surface area contributed by atoms with E-state index in [1.807, 2.05) is 0 Å². The molecule has 0 bridgehead atoms. The Bertz CT molecular complexity index is 757. The average Bonchev–Trinajstić information content (AvgIpc) is 2.65. The fraction of sp³-hybridized carbons (Fsp3) is 0.211. The number of rotatable bonds is 4. The number of methoxy groups -OCH3 is 4. The maximum Gasteiger partial charge on any atom is 0.337 e.